The monoisotopic (exact) mass is 262 g/mol. The van der Waals surface area contributed by atoms with Crippen molar-refractivity contribution in [3.05, 3.63) is 52.6 Å². The molecule has 5 nitrogen and oxygen atoms in total. The highest BCUT2D eigenvalue weighted by Crippen LogP contribution is 2.15. The van der Waals surface area contributed by atoms with Crippen molar-refractivity contribution in [3.63, 3.8) is 0 Å². The zero-order chi connectivity index (χ0) is 13.8. The molecule has 6 heteroatoms. The molecule has 0 bridgehead atoms. The zero-order valence-corrected chi connectivity index (χ0v) is 10.2. The lowest BCUT2D eigenvalue weighted by atomic mass is 10.1. The lowest BCUT2D eigenvalue weighted by molar-refractivity contribution is -0.141. The Morgan fingerprint density at radius 2 is 1.95 bits per heavy atom. The molecule has 0 atom stereocenters. The number of halogens is 1. The Balaban J connectivity index is 2.38. The zero-order valence-electron chi connectivity index (χ0n) is 10.2. The highest BCUT2D eigenvalue weighted by Gasteiger charge is 2.07. The van der Waals surface area contributed by atoms with Gasteiger partial charge in [-0.25, -0.2) is 9.07 Å². The van der Waals surface area contributed by atoms with E-state index in [1.165, 1.54) is 31.4 Å². The molecule has 1 aromatic heterocycles. The summed E-state index contributed by atoms with van der Waals surface area (Å²) in [4.78, 5) is 22.7. The molecular weight excluding hydrogens is 251 g/mol. The Labute approximate surface area is 108 Å². The molecule has 0 saturated heterocycles. The van der Waals surface area contributed by atoms with Gasteiger partial charge in [-0.15, -0.1) is 0 Å². The fraction of sp³-hybridized carbons (Fsp3) is 0.154. The van der Waals surface area contributed by atoms with E-state index in [-0.39, 0.29) is 12.4 Å². The number of aromatic nitrogens is 2. The van der Waals surface area contributed by atoms with Gasteiger partial charge in [0.05, 0.1) is 12.8 Å². The van der Waals surface area contributed by atoms with Crippen LogP contribution in [0.3, 0.4) is 0 Å². The first-order valence-electron chi connectivity index (χ1n) is 5.51. The summed E-state index contributed by atoms with van der Waals surface area (Å²) in [6.45, 7) is -0.260. The van der Waals surface area contributed by atoms with Crippen LogP contribution >= 0.6 is 0 Å². The van der Waals surface area contributed by atoms with Gasteiger partial charge in [0, 0.05) is 11.6 Å². The van der Waals surface area contributed by atoms with Crippen molar-refractivity contribution in [3.8, 4) is 11.3 Å². The summed E-state index contributed by atoms with van der Waals surface area (Å²) in [5.74, 6) is -0.919. The summed E-state index contributed by atoms with van der Waals surface area (Å²) in [7, 11) is 1.23. The molecule has 2 aromatic rings. The summed E-state index contributed by atoms with van der Waals surface area (Å²) >= 11 is 0. The number of hydrogen-bond donors (Lipinski definition) is 0. The molecule has 0 N–H and O–H groups in total. The van der Waals surface area contributed by atoms with Crippen LogP contribution < -0.4 is 5.56 Å². The normalized spacial score (nSPS) is 10.2. The average Bonchev–Trinajstić information content (AvgIpc) is 2.42. The number of ether oxygens (including phenoxy) is 1. The second kappa shape index (κ2) is 5.43. The Hall–Kier alpha value is -2.50. The first kappa shape index (κ1) is 12.9. The van der Waals surface area contributed by atoms with Gasteiger partial charge in [-0.3, -0.25) is 9.59 Å². The third kappa shape index (κ3) is 3.04. The quantitative estimate of drug-likeness (QED) is 0.780. The van der Waals surface area contributed by atoms with Crippen molar-refractivity contribution >= 4 is 5.97 Å². The molecule has 0 saturated carbocycles. The SMILES string of the molecule is COC(=O)Cn1nc(-c2ccc(F)cc2)ccc1=O. The van der Waals surface area contributed by atoms with Crippen LogP contribution in [0.5, 0.6) is 0 Å². The van der Waals surface area contributed by atoms with Gasteiger partial charge in [-0.2, -0.15) is 5.10 Å². The van der Waals surface area contributed by atoms with E-state index in [1.807, 2.05) is 0 Å². The Morgan fingerprint density at radius 1 is 1.26 bits per heavy atom. The molecule has 0 fully saturated rings. The minimum absolute atomic E-state index is 0.260. The molecular formula is C13H11FN2O3. The molecule has 0 radical (unpaired) electrons. The van der Waals surface area contributed by atoms with E-state index in [4.69, 9.17) is 0 Å². The fourth-order valence-corrected chi connectivity index (χ4v) is 1.52. The molecule has 2 rings (SSSR count). The Morgan fingerprint density at radius 3 is 2.58 bits per heavy atom. The molecule has 0 unspecified atom stereocenters. The second-order valence-electron chi connectivity index (χ2n) is 3.80. The molecule has 0 aliphatic rings. The topological polar surface area (TPSA) is 61.2 Å². The largest absolute Gasteiger partial charge is 0.468 e. The lowest BCUT2D eigenvalue weighted by Gasteiger charge is -2.06. The highest BCUT2D eigenvalue weighted by atomic mass is 19.1. The van der Waals surface area contributed by atoms with E-state index in [1.54, 1.807) is 12.1 Å². The average molecular weight is 262 g/mol. The van der Waals surface area contributed by atoms with Crippen molar-refractivity contribution in [2.24, 2.45) is 0 Å². The smallest absolute Gasteiger partial charge is 0.327 e. The first-order chi connectivity index (χ1) is 9.10. The van der Waals surface area contributed by atoms with Gasteiger partial charge in [0.2, 0.25) is 0 Å². The van der Waals surface area contributed by atoms with Crippen LogP contribution in [0.25, 0.3) is 11.3 Å². The van der Waals surface area contributed by atoms with Gasteiger partial charge >= 0.3 is 5.97 Å². The van der Waals surface area contributed by atoms with E-state index >= 15 is 0 Å². The third-order valence-corrected chi connectivity index (χ3v) is 2.51. The first-order valence-corrected chi connectivity index (χ1v) is 5.51. The molecule has 0 aliphatic heterocycles. The Bertz CT molecular complexity index is 650. The number of methoxy groups -OCH3 is 1. The lowest BCUT2D eigenvalue weighted by Crippen LogP contribution is -2.26. The molecule has 0 amide bonds. The van der Waals surface area contributed by atoms with Gasteiger partial charge in [-0.1, -0.05) is 0 Å². The van der Waals surface area contributed by atoms with Gasteiger partial charge in [0.1, 0.15) is 12.4 Å². The van der Waals surface area contributed by atoms with Crippen LogP contribution in [0, 0.1) is 5.82 Å². The van der Waals surface area contributed by atoms with E-state index in [2.05, 4.69) is 9.84 Å². The van der Waals surface area contributed by atoms with Crippen molar-refractivity contribution < 1.29 is 13.9 Å². The molecule has 98 valence electrons. The van der Waals surface area contributed by atoms with Gasteiger partial charge in [0.25, 0.3) is 5.56 Å². The highest BCUT2D eigenvalue weighted by molar-refractivity contribution is 5.69. The maximum absolute atomic E-state index is 12.8. The summed E-state index contributed by atoms with van der Waals surface area (Å²) in [6.07, 6.45) is 0. The van der Waals surface area contributed by atoms with Gasteiger partial charge in [-0.05, 0) is 30.3 Å². The van der Waals surface area contributed by atoms with Crippen LogP contribution in [-0.4, -0.2) is 22.9 Å². The number of rotatable bonds is 3. The summed E-state index contributed by atoms with van der Waals surface area (Å²) in [6, 6.07) is 8.51. The predicted octanol–water partition coefficient (Wildman–Crippen LogP) is 1.22. The van der Waals surface area contributed by atoms with Crippen LogP contribution in [0.1, 0.15) is 0 Å². The number of esters is 1. The van der Waals surface area contributed by atoms with Crippen molar-refractivity contribution in [1.29, 1.82) is 0 Å². The number of nitrogens with zero attached hydrogens (tertiary/aromatic N) is 2. The molecule has 1 heterocycles. The third-order valence-electron chi connectivity index (χ3n) is 2.51. The van der Waals surface area contributed by atoms with Crippen molar-refractivity contribution in [2.45, 2.75) is 6.54 Å². The van der Waals surface area contributed by atoms with Crippen molar-refractivity contribution in [2.75, 3.05) is 7.11 Å². The Kier molecular flexibility index (Phi) is 3.70. The van der Waals surface area contributed by atoms with Crippen molar-refractivity contribution in [1.82, 2.24) is 9.78 Å². The standard InChI is InChI=1S/C13H11FN2O3/c1-19-13(18)8-16-12(17)7-6-11(15-16)9-2-4-10(14)5-3-9/h2-7H,8H2,1H3. The number of carbonyl (C=O) groups is 1. The second-order valence-corrected chi connectivity index (χ2v) is 3.80. The van der Waals surface area contributed by atoms with E-state index in [9.17, 15) is 14.0 Å². The van der Waals surface area contributed by atoms with E-state index < -0.39 is 11.5 Å². The summed E-state index contributed by atoms with van der Waals surface area (Å²) < 4.78 is 18.3. The molecule has 19 heavy (non-hydrogen) atoms. The number of benzene rings is 1. The van der Waals surface area contributed by atoms with Crippen LogP contribution in [0.4, 0.5) is 4.39 Å². The van der Waals surface area contributed by atoms with Crippen LogP contribution in [-0.2, 0) is 16.1 Å². The van der Waals surface area contributed by atoms with E-state index in [0.29, 0.717) is 11.3 Å². The maximum atomic E-state index is 12.8. The summed E-state index contributed by atoms with van der Waals surface area (Å²) in [5.41, 5.74) is 0.722. The van der Waals surface area contributed by atoms with Gasteiger partial charge in [0.15, 0.2) is 0 Å². The number of carbonyl (C=O) groups excluding carboxylic acids is 1. The molecule has 0 spiro atoms. The maximum Gasteiger partial charge on any atom is 0.327 e. The fourth-order valence-electron chi connectivity index (χ4n) is 1.52. The molecule has 0 aliphatic carbocycles. The minimum atomic E-state index is -0.564. The van der Waals surface area contributed by atoms with Crippen LogP contribution in [0.15, 0.2) is 41.2 Å². The summed E-state index contributed by atoms with van der Waals surface area (Å²) in [5, 5.41) is 4.04. The predicted molar refractivity (Wildman–Crippen MR) is 65.9 cm³/mol. The minimum Gasteiger partial charge on any atom is -0.468 e. The van der Waals surface area contributed by atoms with E-state index in [0.717, 1.165) is 4.68 Å². The molecule has 1 aromatic carbocycles. The number of hydrogen-bond acceptors (Lipinski definition) is 4. The van der Waals surface area contributed by atoms with Crippen LogP contribution in [0.2, 0.25) is 0 Å². The van der Waals surface area contributed by atoms with Gasteiger partial charge < -0.3 is 4.74 Å².